The number of rotatable bonds is 0. The van der Waals surface area contributed by atoms with Gasteiger partial charge in [0.2, 0.25) is 0 Å². The Hall–Kier alpha value is -0.470. The number of carbonyl (C=O) groups is 1. The lowest BCUT2D eigenvalue weighted by Gasteiger charge is -2.61. The Kier molecular flexibility index (Phi) is 3.00. The average molecular weight is 293 g/mol. The van der Waals surface area contributed by atoms with E-state index in [1.807, 2.05) is 40.0 Å². The van der Waals surface area contributed by atoms with Crippen LogP contribution in [0.15, 0.2) is 24.3 Å². The van der Waals surface area contributed by atoms with Gasteiger partial charge in [-0.15, -0.1) is 0 Å². The summed E-state index contributed by atoms with van der Waals surface area (Å²) in [5, 5.41) is -1.06. The van der Waals surface area contributed by atoms with Crippen molar-refractivity contribution in [1.82, 2.24) is 0 Å². The second kappa shape index (κ2) is 4.08. The van der Waals surface area contributed by atoms with Gasteiger partial charge in [-0.3, -0.25) is 4.79 Å². The van der Waals surface area contributed by atoms with Crippen LogP contribution in [-0.4, -0.2) is 51.1 Å². The van der Waals surface area contributed by atoms with E-state index in [9.17, 15) is 4.79 Å². The molecule has 9 heteroatoms. The van der Waals surface area contributed by atoms with E-state index in [2.05, 4.69) is 23.5 Å². The number of carbonyl (C=O) groups excluding carboxylic acids is 1. The number of Topliss-reactive ketones (excluding diaryl/α,β-unsaturated/α-hetero) is 1. The Morgan fingerprint density at radius 2 is 1.71 bits per heavy atom. The maximum absolute atomic E-state index is 13.3. The van der Waals surface area contributed by atoms with E-state index in [0.717, 1.165) is 17.4 Å². The van der Waals surface area contributed by atoms with Crippen molar-refractivity contribution in [3.8, 4) is 0 Å². The first-order chi connectivity index (χ1) is 9.50. The lowest BCUT2D eigenvalue weighted by molar-refractivity contribution is -0.128. The van der Waals surface area contributed by atoms with Gasteiger partial charge in [-0.25, -0.2) is 0 Å². The third-order valence-corrected chi connectivity index (χ3v) is 6.92. The van der Waals surface area contributed by atoms with Crippen molar-refractivity contribution in [2.24, 2.45) is 5.73 Å². The van der Waals surface area contributed by atoms with E-state index in [0.29, 0.717) is 0 Å². The molecule has 2 aliphatic rings. The van der Waals surface area contributed by atoms with E-state index in [1.165, 1.54) is 0 Å². The third kappa shape index (κ3) is 1.53. The van der Waals surface area contributed by atoms with Crippen molar-refractivity contribution < 1.29 is 4.79 Å². The molecule has 0 amide bonds. The Labute approximate surface area is 136 Å². The minimum absolute atomic E-state index is 0.118. The third-order valence-electron chi connectivity index (χ3n) is 6.25. The number of hydrogen-bond acceptors (Lipinski definition) is 2. The molecule has 1 fully saturated rings. The van der Waals surface area contributed by atoms with Gasteiger partial charge in [0.05, 0.1) is 21.2 Å². The summed E-state index contributed by atoms with van der Waals surface area (Å²) in [6.45, 7) is 0. The molecule has 1 aliphatic carbocycles. The largest absolute Gasteiger partial charge is 0.316 e. The summed E-state index contributed by atoms with van der Waals surface area (Å²) in [4.78, 5) is 13.3. The van der Waals surface area contributed by atoms with Crippen LogP contribution in [0.3, 0.4) is 0 Å². The van der Waals surface area contributed by atoms with E-state index in [-0.39, 0.29) is 17.1 Å². The molecule has 102 valence electrons. The lowest BCUT2D eigenvalue weighted by Crippen LogP contribution is -2.66. The molecule has 0 saturated heterocycles. The van der Waals surface area contributed by atoms with Gasteiger partial charge in [0.15, 0.2) is 0 Å². The summed E-state index contributed by atoms with van der Waals surface area (Å²) < 4.78 is 0. The predicted molar refractivity (Wildman–Crippen MR) is 104 cm³/mol. The second-order valence-electron chi connectivity index (χ2n) is 8.23. The molecule has 2 N–H and O–H groups in total. The Bertz CT molecular complexity index is 652. The van der Waals surface area contributed by atoms with Gasteiger partial charge in [0, 0.05) is 0 Å². The molecule has 0 radical (unpaired) electrons. The zero-order chi connectivity index (χ0) is 15.8. The van der Waals surface area contributed by atoms with Crippen molar-refractivity contribution in [3.05, 3.63) is 29.8 Å². The van der Waals surface area contributed by atoms with Gasteiger partial charge in [0.1, 0.15) is 29.3 Å². The van der Waals surface area contributed by atoms with Gasteiger partial charge in [0.25, 0.3) is 6.13 Å². The summed E-state index contributed by atoms with van der Waals surface area (Å²) in [6, 6.07) is 7.92. The van der Waals surface area contributed by atoms with Crippen molar-refractivity contribution in [1.29, 1.82) is 0 Å². The van der Waals surface area contributed by atoms with Crippen LogP contribution in [0.4, 0.5) is 0 Å². The predicted octanol–water partition coefficient (Wildman–Crippen LogP) is -3.64. The fourth-order valence-electron chi connectivity index (χ4n) is 5.01. The summed E-state index contributed by atoms with van der Waals surface area (Å²) in [5.74, 6) is 0.118. The van der Waals surface area contributed by atoms with Crippen LogP contribution in [0.25, 0.3) is 0 Å². The highest BCUT2D eigenvalue weighted by molar-refractivity contribution is 7.20. The quantitative estimate of drug-likeness (QED) is 0.502. The first kappa shape index (κ1) is 15.4. The zero-order valence-corrected chi connectivity index (χ0v) is 14.2. The fraction of sp³-hybridized carbons (Fsp3) is 0.417. The van der Waals surface area contributed by atoms with Crippen molar-refractivity contribution in [3.63, 3.8) is 0 Å². The van der Waals surface area contributed by atoms with Crippen LogP contribution in [0, 0.1) is 0 Å². The van der Waals surface area contributed by atoms with Crippen LogP contribution < -0.4 is 11.2 Å². The number of nitrogens with two attached hydrogens (primary N) is 1. The first-order valence-corrected chi connectivity index (χ1v) is 8.01. The smallest absolute Gasteiger partial charge is 0.283 e. The van der Waals surface area contributed by atoms with E-state index < -0.39 is 16.0 Å². The van der Waals surface area contributed by atoms with Gasteiger partial charge in [-0.1, -0.05) is 41.4 Å². The zero-order valence-electron chi connectivity index (χ0n) is 13.5. The molecule has 2 unspecified atom stereocenters. The number of hydrogen-bond donors (Lipinski definition) is 1. The van der Waals surface area contributed by atoms with Gasteiger partial charge >= 0.3 is 0 Å². The van der Waals surface area contributed by atoms with Crippen LogP contribution in [0.2, 0.25) is 15.6 Å². The van der Waals surface area contributed by atoms with Crippen molar-refractivity contribution in [2.75, 3.05) is 0 Å². The summed E-state index contributed by atoms with van der Waals surface area (Å²) in [5.41, 5.74) is 7.78. The average Bonchev–Trinajstić information content (AvgIpc) is 2.58. The molecule has 0 spiro atoms. The second-order valence-corrected chi connectivity index (χ2v) is 8.67. The summed E-state index contributed by atoms with van der Waals surface area (Å²) in [7, 11) is 10.5. The van der Waals surface area contributed by atoms with E-state index in [1.54, 1.807) is 0 Å². The number of benzene rings is 1. The molecule has 0 aromatic heterocycles. The summed E-state index contributed by atoms with van der Waals surface area (Å²) >= 11 is 6.86. The molecule has 1 heterocycles. The monoisotopic (exact) mass is 293 g/mol. The highest BCUT2D eigenvalue weighted by Crippen LogP contribution is 2.69. The molecule has 0 bridgehead atoms. The Morgan fingerprint density at radius 1 is 1.14 bits per heavy atom. The lowest BCUT2D eigenvalue weighted by atomic mass is 9.15. The summed E-state index contributed by atoms with van der Waals surface area (Å²) in [6.07, 6.45) is 0.555. The molecule has 21 heavy (non-hydrogen) atoms. The standard InChI is InChI=1S/C12H18B6ClNO/c13-9(14)5-10(15,16)12(17)11(20,8(9)21)6-3-1-2-4-7(6)18(12)19/h1-4H,5,13-17,20H2. The van der Waals surface area contributed by atoms with Crippen LogP contribution in [0.1, 0.15) is 12.0 Å². The minimum Gasteiger partial charge on any atom is -0.316 e. The van der Waals surface area contributed by atoms with Gasteiger partial charge < -0.3 is 5.73 Å². The SMILES string of the molecule is BC1(B)CC(B)(B)C2(B)B(Cl)c3ccccc3C2(N)C1=O. The highest BCUT2D eigenvalue weighted by Gasteiger charge is 2.72. The van der Waals surface area contributed by atoms with Crippen LogP contribution in [-0.2, 0) is 10.3 Å². The van der Waals surface area contributed by atoms with E-state index >= 15 is 0 Å². The van der Waals surface area contributed by atoms with E-state index in [4.69, 9.17) is 17.2 Å². The molecule has 1 aromatic rings. The van der Waals surface area contributed by atoms with Crippen LogP contribution >= 0.6 is 11.5 Å². The molecule has 1 saturated carbocycles. The Balaban J connectivity index is 2.38. The maximum Gasteiger partial charge on any atom is 0.283 e. The normalized spacial score (nSPS) is 36.1. The molecule has 3 rings (SSSR count). The molecule has 2 atom stereocenters. The first-order valence-electron chi connectivity index (χ1n) is 7.57. The highest BCUT2D eigenvalue weighted by atomic mass is 35.5. The van der Waals surface area contributed by atoms with Crippen molar-refractivity contribution in [2.45, 2.75) is 27.6 Å². The number of fused-ring (bicyclic) bond motifs is 3. The van der Waals surface area contributed by atoms with Crippen molar-refractivity contribution >= 4 is 68.1 Å². The number of ketones is 1. The molecular formula is C12H18B6ClNO. The molecule has 1 aromatic carbocycles. The van der Waals surface area contributed by atoms with Gasteiger partial charge in [-0.05, 0) is 16.0 Å². The maximum atomic E-state index is 13.3. The molecule has 1 aliphatic heterocycles. The topological polar surface area (TPSA) is 43.1 Å². The molecular weight excluding hydrogens is 274 g/mol. The fourth-order valence-corrected chi connectivity index (χ4v) is 5.66. The Morgan fingerprint density at radius 3 is 2.33 bits per heavy atom. The van der Waals surface area contributed by atoms with Crippen LogP contribution in [0.5, 0.6) is 0 Å². The number of halogens is 1. The minimum atomic E-state index is -1.01. The molecule has 2 nitrogen and oxygen atoms in total. The van der Waals surface area contributed by atoms with Gasteiger partial charge in [-0.2, -0.15) is 11.5 Å².